The second-order valence-electron chi connectivity index (χ2n) is 5.33. The van der Waals surface area contributed by atoms with Crippen LogP contribution in [-0.2, 0) is 14.6 Å². The SMILES string of the molecule is CC(=O)C=CCS(=O)(=O)C(c1ccc(Cl)cc1)c1ccc(Cl)cc1. The molecule has 2 rings (SSSR count). The van der Waals surface area contributed by atoms with E-state index in [-0.39, 0.29) is 11.5 Å². The summed E-state index contributed by atoms with van der Waals surface area (Å²) in [5, 5.41) is 0.202. The van der Waals surface area contributed by atoms with Crippen LogP contribution < -0.4 is 0 Å². The van der Waals surface area contributed by atoms with Crippen LogP contribution in [0.2, 0.25) is 10.0 Å². The van der Waals surface area contributed by atoms with Crippen molar-refractivity contribution in [3.63, 3.8) is 0 Å². The van der Waals surface area contributed by atoms with Gasteiger partial charge < -0.3 is 0 Å². The smallest absolute Gasteiger partial charge is 0.165 e. The van der Waals surface area contributed by atoms with Crippen LogP contribution in [0.5, 0.6) is 0 Å². The molecule has 0 aliphatic carbocycles. The van der Waals surface area contributed by atoms with Gasteiger partial charge in [0.2, 0.25) is 0 Å². The fourth-order valence-corrected chi connectivity index (χ4v) is 4.28. The molecule has 0 heterocycles. The molecule has 3 nitrogen and oxygen atoms in total. The normalized spacial score (nSPS) is 12.0. The summed E-state index contributed by atoms with van der Waals surface area (Å²) >= 11 is 11.8. The Morgan fingerprint density at radius 3 is 1.75 bits per heavy atom. The van der Waals surface area contributed by atoms with Gasteiger partial charge in [-0.05, 0) is 48.4 Å². The third-order valence-electron chi connectivity index (χ3n) is 3.39. The molecule has 2 aromatic carbocycles. The zero-order valence-corrected chi connectivity index (χ0v) is 15.3. The fourth-order valence-electron chi connectivity index (χ4n) is 2.33. The van der Waals surface area contributed by atoms with E-state index in [9.17, 15) is 13.2 Å². The van der Waals surface area contributed by atoms with E-state index in [1.54, 1.807) is 48.5 Å². The minimum absolute atomic E-state index is 0.195. The summed E-state index contributed by atoms with van der Waals surface area (Å²) < 4.78 is 25.7. The minimum atomic E-state index is -3.58. The quantitative estimate of drug-likeness (QED) is 0.683. The van der Waals surface area contributed by atoms with Crippen molar-refractivity contribution in [3.8, 4) is 0 Å². The summed E-state index contributed by atoms with van der Waals surface area (Å²) in [5.41, 5.74) is 1.22. The standard InChI is InChI=1S/C18H16Cl2O3S/c1-13(21)3-2-12-24(22,23)18(14-4-8-16(19)9-5-14)15-6-10-17(20)11-7-15/h2-11,18H,12H2,1H3. The van der Waals surface area contributed by atoms with Crippen molar-refractivity contribution in [2.75, 3.05) is 5.75 Å². The van der Waals surface area contributed by atoms with Gasteiger partial charge in [-0.2, -0.15) is 0 Å². The van der Waals surface area contributed by atoms with Crippen molar-refractivity contribution in [2.24, 2.45) is 0 Å². The number of benzene rings is 2. The van der Waals surface area contributed by atoms with Gasteiger partial charge in [-0.25, -0.2) is 8.42 Å². The molecule has 6 heteroatoms. The first-order valence-corrected chi connectivity index (χ1v) is 9.66. The Morgan fingerprint density at radius 1 is 0.958 bits per heavy atom. The van der Waals surface area contributed by atoms with Gasteiger partial charge in [-0.3, -0.25) is 4.79 Å². The Morgan fingerprint density at radius 2 is 1.38 bits per heavy atom. The second kappa shape index (κ2) is 7.97. The lowest BCUT2D eigenvalue weighted by Gasteiger charge is -2.18. The van der Waals surface area contributed by atoms with Crippen LogP contribution in [-0.4, -0.2) is 20.0 Å². The summed E-state index contributed by atoms with van der Waals surface area (Å²) in [6, 6.07) is 13.4. The zero-order valence-electron chi connectivity index (χ0n) is 12.9. The molecule has 0 aliphatic rings. The molecule has 126 valence electrons. The molecule has 2 aromatic rings. The molecule has 0 amide bonds. The van der Waals surface area contributed by atoms with E-state index in [2.05, 4.69) is 0 Å². The Bertz CT molecular complexity index is 793. The Kier molecular flexibility index (Phi) is 6.21. The zero-order chi connectivity index (χ0) is 17.7. The molecule has 0 atom stereocenters. The Hall–Kier alpha value is -1.62. The van der Waals surface area contributed by atoms with Gasteiger partial charge >= 0.3 is 0 Å². The Balaban J connectivity index is 2.47. The molecule has 0 spiro atoms. The first-order chi connectivity index (χ1) is 11.3. The minimum Gasteiger partial charge on any atom is -0.295 e. The number of halogens is 2. The van der Waals surface area contributed by atoms with Gasteiger partial charge in [0.1, 0.15) is 5.25 Å². The molecule has 0 saturated carbocycles. The molecule has 0 bridgehead atoms. The van der Waals surface area contributed by atoms with Gasteiger partial charge in [-0.1, -0.05) is 53.5 Å². The highest BCUT2D eigenvalue weighted by Gasteiger charge is 2.28. The molecule has 24 heavy (non-hydrogen) atoms. The van der Waals surface area contributed by atoms with Crippen LogP contribution in [0.15, 0.2) is 60.7 Å². The van der Waals surface area contributed by atoms with E-state index in [4.69, 9.17) is 23.2 Å². The molecule has 0 aliphatic heterocycles. The fraction of sp³-hybridized carbons (Fsp3) is 0.167. The topological polar surface area (TPSA) is 51.2 Å². The maximum absolute atomic E-state index is 12.9. The number of carbonyl (C=O) groups excluding carboxylic acids is 1. The number of sulfone groups is 1. The van der Waals surface area contributed by atoms with Gasteiger partial charge in [0.05, 0.1) is 5.75 Å². The van der Waals surface area contributed by atoms with Crippen LogP contribution in [0, 0.1) is 0 Å². The number of hydrogen-bond donors (Lipinski definition) is 0. The van der Waals surface area contributed by atoms with Crippen molar-refractivity contribution in [1.82, 2.24) is 0 Å². The summed E-state index contributed by atoms with van der Waals surface area (Å²) in [6.45, 7) is 1.37. The van der Waals surface area contributed by atoms with Crippen molar-refractivity contribution in [2.45, 2.75) is 12.2 Å². The lowest BCUT2D eigenvalue weighted by molar-refractivity contribution is -0.112. The van der Waals surface area contributed by atoms with E-state index in [1.165, 1.54) is 19.1 Å². The average molecular weight is 383 g/mol. The molecule has 0 saturated heterocycles. The molecular weight excluding hydrogens is 367 g/mol. The van der Waals surface area contributed by atoms with Crippen LogP contribution >= 0.6 is 23.2 Å². The molecule has 0 unspecified atom stereocenters. The third kappa shape index (κ3) is 4.94. The number of carbonyl (C=O) groups is 1. The Labute approximate surface area is 151 Å². The second-order valence-corrected chi connectivity index (χ2v) is 8.33. The maximum Gasteiger partial charge on any atom is 0.165 e. The molecular formula is C18H16Cl2O3S. The maximum atomic E-state index is 12.9. The van der Waals surface area contributed by atoms with Gasteiger partial charge in [0.15, 0.2) is 15.6 Å². The highest BCUT2D eigenvalue weighted by molar-refractivity contribution is 7.92. The van der Waals surface area contributed by atoms with E-state index in [1.807, 2.05) is 0 Å². The highest BCUT2D eigenvalue weighted by Crippen LogP contribution is 2.32. The molecule has 0 fully saturated rings. The predicted molar refractivity (Wildman–Crippen MR) is 98.4 cm³/mol. The lowest BCUT2D eigenvalue weighted by atomic mass is 10.0. The predicted octanol–water partition coefficient (Wildman–Crippen LogP) is 4.64. The number of hydrogen-bond acceptors (Lipinski definition) is 3. The summed E-state index contributed by atoms with van der Waals surface area (Å²) in [7, 11) is -3.58. The summed E-state index contributed by atoms with van der Waals surface area (Å²) in [5.74, 6) is -0.428. The summed E-state index contributed by atoms with van der Waals surface area (Å²) in [4.78, 5) is 11.0. The third-order valence-corrected chi connectivity index (χ3v) is 5.81. The summed E-state index contributed by atoms with van der Waals surface area (Å²) in [6.07, 6.45) is 2.63. The molecule has 0 radical (unpaired) electrons. The first-order valence-electron chi connectivity index (χ1n) is 7.19. The largest absolute Gasteiger partial charge is 0.295 e. The lowest BCUT2D eigenvalue weighted by Crippen LogP contribution is -2.17. The molecule has 0 aromatic heterocycles. The van der Waals surface area contributed by atoms with Crippen molar-refractivity contribution >= 4 is 38.8 Å². The van der Waals surface area contributed by atoms with Gasteiger partial charge in [-0.15, -0.1) is 0 Å². The highest BCUT2D eigenvalue weighted by atomic mass is 35.5. The monoisotopic (exact) mass is 382 g/mol. The first kappa shape index (κ1) is 18.7. The van der Waals surface area contributed by atoms with Crippen LogP contribution in [0.4, 0.5) is 0 Å². The van der Waals surface area contributed by atoms with Crippen LogP contribution in [0.1, 0.15) is 23.3 Å². The van der Waals surface area contributed by atoms with E-state index >= 15 is 0 Å². The number of allylic oxidation sites excluding steroid dienone is 1. The van der Waals surface area contributed by atoms with E-state index < -0.39 is 15.1 Å². The van der Waals surface area contributed by atoms with Crippen LogP contribution in [0.3, 0.4) is 0 Å². The van der Waals surface area contributed by atoms with Crippen molar-refractivity contribution < 1.29 is 13.2 Å². The van der Waals surface area contributed by atoms with Gasteiger partial charge in [0, 0.05) is 10.0 Å². The van der Waals surface area contributed by atoms with E-state index in [0.717, 1.165) is 0 Å². The number of rotatable bonds is 6. The van der Waals surface area contributed by atoms with E-state index in [0.29, 0.717) is 21.2 Å². The number of ketones is 1. The average Bonchev–Trinajstić information content (AvgIpc) is 2.50. The van der Waals surface area contributed by atoms with Gasteiger partial charge in [0.25, 0.3) is 0 Å². The van der Waals surface area contributed by atoms with Crippen molar-refractivity contribution in [3.05, 3.63) is 81.9 Å². The van der Waals surface area contributed by atoms with Crippen LogP contribution in [0.25, 0.3) is 0 Å². The molecule has 0 N–H and O–H groups in total. The van der Waals surface area contributed by atoms with Crippen molar-refractivity contribution in [1.29, 1.82) is 0 Å².